The molecule has 0 bridgehead atoms. The van der Waals surface area contributed by atoms with Gasteiger partial charge in [-0.25, -0.2) is 4.98 Å². The van der Waals surface area contributed by atoms with E-state index in [4.69, 9.17) is 4.42 Å². The average Bonchev–Trinajstić information content (AvgIpc) is 2.99. The fourth-order valence-electron chi connectivity index (χ4n) is 2.49. The van der Waals surface area contributed by atoms with Crippen molar-refractivity contribution in [2.75, 3.05) is 0 Å². The molecule has 1 heterocycles. The number of oxazole rings is 1. The molecule has 0 atom stereocenters. The normalized spacial score (nSPS) is 11.5. The predicted octanol–water partition coefficient (Wildman–Crippen LogP) is 4.83. The molecule has 1 N–H and O–H groups in total. The van der Waals surface area contributed by atoms with E-state index in [1.807, 2.05) is 32.0 Å². The Balaban J connectivity index is 1.79. The lowest BCUT2D eigenvalue weighted by atomic mass is 10.1. The largest absolute Gasteiger partial charge is 0.479 e. The first kappa shape index (κ1) is 18.1. The number of non-ortho nitro benzene ring substituents is 1. The number of aliphatic imine (C=N–C) groups is 1. The van der Waals surface area contributed by atoms with E-state index in [1.165, 1.54) is 24.4 Å². The molecule has 1 aromatic heterocycles. The molecule has 7 nitrogen and oxygen atoms in total. The van der Waals surface area contributed by atoms with Crippen molar-refractivity contribution in [1.29, 1.82) is 0 Å². The van der Waals surface area contributed by atoms with Crippen molar-refractivity contribution >= 4 is 29.7 Å². The molecule has 0 aliphatic heterocycles. The molecule has 27 heavy (non-hydrogen) atoms. The molecule has 0 aliphatic carbocycles. The Morgan fingerprint density at radius 1 is 1.19 bits per heavy atom. The molecule has 0 spiro atoms. The lowest BCUT2D eigenvalue weighted by Crippen LogP contribution is -1.87. The maximum atomic E-state index is 10.8. The van der Waals surface area contributed by atoms with Gasteiger partial charge in [-0.2, -0.15) is 0 Å². The first-order chi connectivity index (χ1) is 12.9. The molecule has 0 unspecified atom stereocenters. The van der Waals surface area contributed by atoms with Crippen LogP contribution in [0.3, 0.4) is 0 Å². The van der Waals surface area contributed by atoms with Crippen LogP contribution in [0.1, 0.15) is 28.3 Å². The molecule has 0 saturated carbocycles. The van der Waals surface area contributed by atoms with Gasteiger partial charge in [0, 0.05) is 18.2 Å². The fourth-order valence-corrected chi connectivity index (χ4v) is 2.49. The number of nitro benzene ring substituents is 1. The zero-order valence-corrected chi connectivity index (χ0v) is 14.8. The smallest absolute Gasteiger partial charge is 0.312 e. The van der Waals surface area contributed by atoms with Crippen LogP contribution in [0.15, 0.2) is 51.9 Å². The summed E-state index contributed by atoms with van der Waals surface area (Å²) in [6.07, 6.45) is 4.57. The summed E-state index contributed by atoms with van der Waals surface area (Å²) in [5, 5.41) is 20.7. The van der Waals surface area contributed by atoms with Crippen molar-refractivity contribution in [2.45, 2.75) is 13.8 Å². The molecule has 0 aliphatic rings. The van der Waals surface area contributed by atoms with Gasteiger partial charge in [-0.3, -0.25) is 15.1 Å². The highest BCUT2D eigenvalue weighted by Gasteiger charge is 2.09. The monoisotopic (exact) mass is 363 g/mol. The van der Waals surface area contributed by atoms with Gasteiger partial charge in [0.2, 0.25) is 5.89 Å². The number of hydrogen-bond acceptors (Lipinski definition) is 6. The quantitative estimate of drug-likeness (QED) is 0.397. The second-order valence-corrected chi connectivity index (χ2v) is 5.98. The third-order valence-corrected chi connectivity index (χ3v) is 3.83. The van der Waals surface area contributed by atoms with Gasteiger partial charge in [-0.15, -0.1) is 0 Å². The van der Waals surface area contributed by atoms with Gasteiger partial charge < -0.3 is 9.52 Å². The molecular formula is C20H17N3O4. The zero-order valence-electron chi connectivity index (χ0n) is 14.8. The fraction of sp³-hybridized carbons (Fsp3) is 0.100. The summed E-state index contributed by atoms with van der Waals surface area (Å²) < 4.78 is 5.18. The van der Waals surface area contributed by atoms with E-state index in [-0.39, 0.29) is 23.2 Å². The maximum absolute atomic E-state index is 10.8. The van der Waals surface area contributed by atoms with Crippen LogP contribution >= 0.6 is 0 Å². The average molecular weight is 363 g/mol. The van der Waals surface area contributed by atoms with E-state index in [0.29, 0.717) is 5.56 Å². The number of nitrogens with zero attached hydrogens (tertiary/aromatic N) is 3. The second-order valence-electron chi connectivity index (χ2n) is 5.98. The third kappa shape index (κ3) is 4.46. The van der Waals surface area contributed by atoms with Gasteiger partial charge in [0.1, 0.15) is 0 Å². The number of rotatable bonds is 5. The lowest BCUT2D eigenvalue weighted by Gasteiger charge is -2.00. The molecule has 7 heteroatoms. The molecular weight excluding hydrogens is 346 g/mol. The molecule has 3 aromatic rings. The maximum Gasteiger partial charge on any atom is 0.312 e. The van der Waals surface area contributed by atoms with E-state index in [2.05, 4.69) is 9.98 Å². The molecule has 136 valence electrons. The van der Waals surface area contributed by atoms with Gasteiger partial charge in [0.15, 0.2) is 5.69 Å². The first-order valence-electron chi connectivity index (χ1n) is 8.16. The minimum absolute atomic E-state index is 0.00584. The Labute approximate surface area is 155 Å². The summed E-state index contributed by atoms with van der Waals surface area (Å²) >= 11 is 0. The zero-order chi connectivity index (χ0) is 19.4. The van der Waals surface area contributed by atoms with Crippen LogP contribution in [0.4, 0.5) is 11.4 Å². The van der Waals surface area contributed by atoms with Gasteiger partial charge >= 0.3 is 5.95 Å². The van der Waals surface area contributed by atoms with Crippen LogP contribution < -0.4 is 0 Å². The predicted molar refractivity (Wildman–Crippen MR) is 103 cm³/mol. The van der Waals surface area contributed by atoms with Gasteiger partial charge in [-0.05, 0) is 37.1 Å². The van der Waals surface area contributed by atoms with E-state index in [1.54, 1.807) is 18.2 Å². The molecule has 0 radical (unpaired) electrons. The Morgan fingerprint density at radius 2 is 2.00 bits per heavy atom. The highest BCUT2D eigenvalue weighted by molar-refractivity contribution is 5.83. The second kappa shape index (κ2) is 7.65. The summed E-state index contributed by atoms with van der Waals surface area (Å²) in [7, 11) is 0. The van der Waals surface area contributed by atoms with Gasteiger partial charge in [0.25, 0.3) is 5.69 Å². The SMILES string of the molecule is Cc1ccc(N=Cc2nc(/C=C/c3cccc([N+](=O)[O-])c3)oc2O)c(C)c1. The van der Waals surface area contributed by atoms with Crippen molar-refractivity contribution in [3.8, 4) is 5.95 Å². The summed E-state index contributed by atoms with van der Waals surface area (Å²) in [6, 6.07) is 12.0. The van der Waals surface area contributed by atoms with Crippen LogP contribution in [0, 0.1) is 24.0 Å². The topological polar surface area (TPSA) is 102 Å². The first-order valence-corrected chi connectivity index (χ1v) is 8.16. The number of benzene rings is 2. The Hall–Kier alpha value is -3.74. The van der Waals surface area contributed by atoms with Crippen LogP contribution in [0.25, 0.3) is 12.2 Å². The standard InChI is InChI=1S/C20H17N3O4/c1-13-6-8-17(14(2)10-13)21-12-18-20(24)27-19(22-18)9-7-15-4-3-5-16(11-15)23(25)26/h3-12,24H,1-2H3/b9-7+,21-12?. The van der Waals surface area contributed by atoms with Crippen molar-refractivity contribution in [3.05, 3.63) is 80.9 Å². The Kier molecular flexibility index (Phi) is 5.12. The third-order valence-electron chi connectivity index (χ3n) is 3.83. The van der Waals surface area contributed by atoms with Crippen LogP contribution in [-0.4, -0.2) is 21.2 Å². The Morgan fingerprint density at radius 3 is 2.74 bits per heavy atom. The van der Waals surface area contributed by atoms with Crippen molar-refractivity contribution in [2.24, 2.45) is 4.99 Å². The number of aryl methyl sites for hydroxylation is 2. The van der Waals surface area contributed by atoms with Gasteiger partial charge in [0.05, 0.1) is 16.8 Å². The highest BCUT2D eigenvalue weighted by atomic mass is 16.6. The summed E-state index contributed by atoms with van der Waals surface area (Å²) in [5.41, 5.74) is 3.75. The molecule has 0 fully saturated rings. The molecule has 2 aromatic carbocycles. The van der Waals surface area contributed by atoms with E-state index in [0.717, 1.165) is 16.8 Å². The molecule has 0 amide bonds. The Bertz CT molecular complexity index is 1050. The number of hydrogen-bond donors (Lipinski definition) is 1. The van der Waals surface area contributed by atoms with Crippen LogP contribution in [0.5, 0.6) is 5.95 Å². The van der Waals surface area contributed by atoms with Crippen LogP contribution in [0.2, 0.25) is 0 Å². The minimum Gasteiger partial charge on any atom is -0.479 e. The lowest BCUT2D eigenvalue weighted by molar-refractivity contribution is -0.384. The minimum atomic E-state index is -0.462. The summed E-state index contributed by atoms with van der Waals surface area (Å²) in [4.78, 5) is 18.8. The van der Waals surface area contributed by atoms with E-state index in [9.17, 15) is 15.2 Å². The number of aromatic nitrogens is 1. The van der Waals surface area contributed by atoms with E-state index >= 15 is 0 Å². The van der Waals surface area contributed by atoms with Crippen LogP contribution in [-0.2, 0) is 0 Å². The highest BCUT2D eigenvalue weighted by Crippen LogP contribution is 2.22. The summed E-state index contributed by atoms with van der Waals surface area (Å²) in [5.74, 6) is -0.178. The number of aromatic hydroxyl groups is 1. The number of nitro groups is 1. The molecule has 0 saturated heterocycles. The van der Waals surface area contributed by atoms with Crippen molar-refractivity contribution < 1.29 is 14.4 Å². The van der Waals surface area contributed by atoms with E-state index < -0.39 is 4.92 Å². The van der Waals surface area contributed by atoms with Crippen molar-refractivity contribution in [3.63, 3.8) is 0 Å². The summed E-state index contributed by atoms with van der Waals surface area (Å²) in [6.45, 7) is 3.96. The molecule has 3 rings (SSSR count). The van der Waals surface area contributed by atoms with Gasteiger partial charge in [-0.1, -0.05) is 29.8 Å². The van der Waals surface area contributed by atoms with Crippen molar-refractivity contribution in [1.82, 2.24) is 4.98 Å².